The number of hydrogen-bond donors (Lipinski definition) is 2. The van der Waals surface area contributed by atoms with Gasteiger partial charge in [-0.2, -0.15) is 4.98 Å². The van der Waals surface area contributed by atoms with Gasteiger partial charge in [-0.1, -0.05) is 23.8 Å². The smallest absolute Gasteiger partial charge is 0.293 e. The molecule has 3 aromatic rings. The number of piperidine rings is 1. The number of anilines is 3. The fourth-order valence-corrected chi connectivity index (χ4v) is 3.89. The van der Waals surface area contributed by atoms with Gasteiger partial charge in [0.15, 0.2) is 18.2 Å². The molecule has 1 atom stereocenters. The number of rotatable bonds is 6. The van der Waals surface area contributed by atoms with E-state index in [1.807, 2.05) is 0 Å². The molecule has 0 radical (unpaired) electrons. The minimum atomic E-state index is -1.02. The highest BCUT2D eigenvalue weighted by Crippen LogP contribution is 2.29. The molecule has 11 heteroatoms. The Labute approximate surface area is 200 Å². The molecule has 0 unspecified atom stereocenters. The zero-order valence-corrected chi connectivity index (χ0v) is 19.5. The van der Waals surface area contributed by atoms with E-state index in [0.717, 1.165) is 5.57 Å². The van der Waals surface area contributed by atoms with Crippen LogP contribution in [0.2, 0.25) is 5.02 Å². The van der Waals surface area contributed by atoms with Crippen LogP contribution in [0.5, 0.6) is 5.75 Å². The van der Waals surface area contributed by atoms with Crippen LogP contribution in [0, 0.1) is 0 Å². The number of pyridine rings is 1. The highest BCUT2D eigenvalue weighted by Gasteiger charge is 2.24. The fraction of sp³-hybridized carbons (Fsp3) is 0.304. The lowest BCUT2D eigenvalue weighted by atomic mass is 10.1. The minimum Gasteiger partial charge on any atom is -0.478 e. The molecule has 0 spiro atoms. The van der Waals surface area contributed by atoms with Crippen LogP contribution < -0.4 is 25.8 Å². The Morgan fingerprint density at radius 3 is 2.91 bits per heavy atom. The third-order valence-corrected chi connectivity index (χ3v) is 5.73. The van der Waals surface area contributed by atoms with Gasteiger partial charge in [0.1, 0.15) is 11.2 Å². The number of amides is 1. The number of aromatic nitrogens is 3. The Morgan fingerprint density at radius 2 is 2.18 bits per heavy atom. The molecule has 1 fully saturated rings. The number of aryl methyl sites for hydroxylation is 1. The summed E-state index contributed by atoms with van der Waals surface area (Å²) in [6.07, 6.45) is 0.777. The molecule has 3 heterocycles. The Hall–Kier alpha value is -3.66. The SMILES string of the molecule is C=C1C[C@@H](F)CN(c2ncc(Cl)c(Nc3ccc4c(c3)cc(OCC(=O)NC)c(=O)n4C)n2)C1. The Kier molecular flexibility index (Phi) is 6.69. The molecule has 1 aromatic carbocycles. The highest BCUT2D eigenvalue weighted by molar-refractivity contribution is 6.32. The van der Waals surface area contributed by atoms with Crippen LogP contribution >= 0.6 is 11.6 Å². The zero-order valence-electron chi connectivity index (χ0n) is 18.8. The number of nitrogens with one attached hydrogen (secondary N) is 2. The topological polar surface area (TPSA) is 101 Å². The molecule has 2 N–H and O–H groups in total. The number of halogens is 2. The Morgan fingerprint density at radius 1 is 1.38 bits per heavy atom. The van der Waals surface area contributed by atoms with E-state index < -0.39 is 6.17 Å². The third kappa shape index (κ3) is 4.96. The van der Waals surface area contributed by atoms with Crippen LogP contribution in [0.3, 0.4) is 0 Å². The van der Waals surface area contributed by atoms with Gasteiger partial charge in [-0.05, 0) is 24.3 Å². The maximum Gasteiger partial charge on any atom is 0.293 e. The largest absolute Gasteiger partial charge is 0.478 e. The van der Waals surface area contributed by atoms with E-state index in [2.05, 4.69) is 27.2 Å². The molecule has 1 saturated heterocycles. The number of ether oxygens (including phenoxy) is 1. The lowest BCUT2D eigenvalue weighted by Crippen LogP contribution is -2.38. The number of alkyl halides is 1. The highest BCUT2D eigenvalue weighted by atomic mass is 35.5. The molecule has 9 nitrogen and oxygen atoms in total. The monoisotopic (exact) mass is 486 g/mol. The molecular formula is C23H24ClFN6O3. The van der Waals surface area contributed by atoms with Gasteiger partial charge in [-0.15, -0.1) is 0 Å². The van der Waals surface area contributed by atoms with Gasteiger partial charge in [-0.25, -0.2) is 9.37 Å². The van der Waals surface area contributed by atoms with Gasteiger partial charge in [0.05, 0.1) is 18.3 Å². The van der Waals surface area contributed by atoms with E-state index in [9.17, 15) is 14.0 Å². The van der Waals surface area contributed by atoms with E-state index >= 15 is 0 Å². The molecular weight excluding hydrogens is 463 g/mol. The number of fused-ring (bicyclic) bond motifs is 1. The molecule has 1 aliphatic rings. The molecule has 178 valence electrons. The van der Waals surface area contributed by atoms with Gasteiger partial charge in [0, 0.05) is 38.1 Å². The molecule has 4 rings (SSSR count). The maximum absolute atomic E-state index is 14.0. The lowest BCUT2D eigenvalue weighted by Gasteiger charge is -2.30. The molecule has 1 amide bonds. The zero-order chi connectivity index (χ0) is 24.4. The van der Waals surface area contributed by atoms with Crippen LogP contribution in [0.4, 0.5) is 21.8 Å². The maximum atomic E-state index is 14.0. The van der Waals surface area contributed by atoms with Crippen molar-refractivity contribution in [1.82, 2.24) is 19.9 Å². The first-order valence-corrected chi connectivity index (χ1v) is 11.0. The molecule has 1 aliphatic heterocycles. The number of benzene rings is 1. The molecule has 2 aromatic heterocycles. The molecule has 34 heavy (non-hydrogen) atoms. The first kappa shape index (κ1) is 23.5. The first-order chi connectivity index (χ1) is 16.2. The van der Waals surface area contributed by atoms with Gasteiger partial charge in [0.25, 0.3) is 11.5 Å². The second-order valence-corrected chi connectivity index (χ2v) is 8.44. The van der Waals surface area contributed by atoms with Crippen molar-refractivity contribution in [3.05, 3.63) is 58.0 Å². The van der Waals surface area contributed by atoms with Crippen molar-refractivity contribution < 1.29 is 13.9 Å². The third-order valence-electron chi connectivity index (χ3n) is 5.45. The van der Waals surface area contributed by atoms with Crippen LogP contribution in [0.25, 0.3) is 10.9 Å². The van der Waals surface area contributed by atoms with Gasteiger partial charge < -0.3 is 24.8 Å². The summed E-state index contributed by atoms with van der Waals surface area (Å²) in [6, 6.07) is 6.95. The molecule has 0 bridgehead atoms. The van der Waals surface area contributed by atoms with E-state index in [1.54, 1.807) is 36.2 Å². The summed E-state index contributed by atoms with van der Waals surface area (Å²) in [5.74, 6) is 0.425. The summed E-state index contributed by atoms with van der Waals surface area (Å²) in [4.78, 5) is 34.5. The van der Waals surface area contributed by atoms with Crippen LogP contribution in [0.1, 0.15) is 6.42 Å². The van der Waals surface area contributed by atoms with E-state index in [1.165, 1.54) is 17.8 Å². The van der Waals surface area contributed by atoms with Crippen LogP contribution in [0.15, 0.2) is 47.4 Å². The predicted molar refractivity (Wildman–Crippen MR) is 130 cm³/mol. The van der Waals surface area contributed by atoms with Crippen LogP contribution in [-0.2, 0) is 11.8 Å². The van der Waals surface area contributed by atoms with Crippen molar-refractivity contribution in [1.29, 1.82) is 0 Å². The van der Waals surface area contributed by atoms with Crippen molar-refractivity contribution in [3.8, 4) is 5.75 Å². The Bertz CT molecular complexity index is 1330. The standard InChI is InChI=1S/C23H24ClFN6O3/c1-13-6-15(25)11-31(10-13)23-27-9-17(24)21(29-23)28-16-4-5-18-14(7-16)8-19(22(33)30(18)3)34-12-20(32)26-2/h4-5,7-9,15H,1,6,10-12H2,2-3H3,(H,26,32)(H,27,28,29)/t15-/m1/s1. The first-order valence-electron chi connectivity index (χ1n) is 10.6. The normalized spacial score (nSPS) is 15.9. The number of carbonyl (C=O) groups is 1. The number of hydrogen-bond acceptors (Lipinski definition) is 7. The second kappa shape index (κ2) is 9.68. The van der Waals surface area contributed by atoms with Gasteiger partial charge in [0.2, 0.25) is 5.95 Å². The quantitative estimate of drug-likeness (QED) is 0.516. The number of carbonyl (C=O) groups excluding carboxylic acids is 1. The van der Waals surface area contributed by atoms with Gasteiger partial charge >= 0.3 is 0 Å². The molecule has 0 saturated carbocycles. The van der Waals surface area contributed by atoms with Crippen LogP contribution in [-0.4, -0.2) is 53.4 Å². The summed E-state index contributed by atoms with van der Waals surface area (Å²) in [7, 11) is 3.12. The van der Waals surface area contributed by atoms with Crippen molar-refractivity contribution >= 4 is 45.9 Å². The summed E-state index contributed by atoms with van der Waals surface area (Å²) in [6.45, 7) is 4.28. The minimum absolute atomic E-state index is 0.0595. The van der Waals surface area contributed by atoms with Crippen molar-refractivity contribution in [2.24, 2.45) is 7.05 Å². The summed E-state index contributed by atoms with van der Waals surface area (Å²) in [5.41, 5.74) is 1.76. The lowest BCUT2D eigenvalue weighted by molar-refractivity contribution is -0.122. The average molecular weight is 487 g/mol. The van der Waals surface area contributed by atoms with E-state index in [0.29, 0.717) is 46.3 Å². The van der Waals surface area contributed by atoms with E-state index in [4.69, 9.17) is 16.3 Å². The average Bonchev–Trinajstić information content (AvgIpc) is 2.81. The summed E-state index contributed by atoms with van der Waals surface area (Å²) < 4.78 is 20.9. The van der Waals surface area contributed by atoms with Gasteiger partial charge in [-0.3, -0.25) is 9.59 Å². The summed E-state index contributed by atoms with van der Waals surface area (Å²) in [5, 5.41) is 6.61. The second-order valence-electron chi connectivity index (χ2n) is 8.03. The van der Waals surface area contributed by atoms with Crippen molar-refractivity contribution in [2.45, 2.75) is 12.6 Å². The Balaban J connectivity index is 1.63. The van der Waals surface area contributed by atoms with Crippen molar-refractivity contribution in [3.63, 3.8) is 0 Å². The van der Waals surface area contributed by atoms with Crippen molar-refractivity contribution in [2.75, 3.05) is 37.0 Å². The number of likely N-dealkylation sites (N-methyl/N-ethyl adjacent to an activating group) is 1. The van der Waals surface area contributed by atoms with E-state index in [-0.39, 0.29) is 30.4 Å². The predicted octanol–water partition coefficient (Wildman–Crippen LogP) is 2.95. The number of nitrogens with zero attached hydrogens (tertiary/aromatic N) is 4. The molecule has 0 aliphatic carbocycles. The summed E-state index contributed by atoms with van der Waals surface area (Å²) >= 11 is 6.32. The fourth-order valence-electron chi connectivity index (χ4n) is 3.75.